The van der Waals surface area contributed by atoms with E-state index in [1.807, 2.05) is 30.3 Å². The van der Waals surface area contributed by atoms with E-state index < -0.39 is 0 Å². The lowest BCUT2D eigenvalue weighted by molar-refractivity contribution is -0.115. The summed E-state index contributed by atoms with van der Waals surface area (Å²) in [6.07, 6.45) is 1.60. The number of H-pyrrole nitrogens is 1. The van der Waals surface area contributed by atoms with Crippen LogP contribution in [0.1, 0.15) is 0 Å². The average Bonchev–Trinajstić information content (AvgIpc) is 3.19. The second kappa shape index (κ2) is 10.0. The minimum Gasteiger partial charge on any atom is -0.461 e. The molecule has 3 N–H and O–H groups in total. The van der Waals surface area contributed by atoms with Crippen LogP contribution in [0.25, 0.3) is 22.6 Å². The summed E-state index contributed by atoms with van der Waals surface area (Å²) in [5.41, 5.74) is 2.36. The second-order valence-electron chi connectivity index (χ2n) is 5.01. The Morgan fingerprint density at radius 1 is 1.32 bits per heavy atom. The third kappa shape index (κ3) is 5.47. The highest BCUT2D eigenvalue weighted by Crippen LogP contribution is 2.23. The lowest BCUT2D eigenvalue weighted by Crippen LogP contribution is -2.30. The maximum atomic E-state index is 11.8. The summed E-state index contributed by atoms with van der Waals surface area (Å²) in [5, 5.41) is 5.84. The minimum absolute atomic E-state index is 0. The molecule has 3 aromatic rings. The summed E-state index contributed by atoms with van der Waals surface area (Å²) >= 11 is 0. The number of anilines is 1. The molecule has 0 fully saturated rings. The van der Waals surface area contributed by atoms with Crippen LogP contribution in [-0.2, 0) is 9.53 Å². The van der Waals surface area contributed by atoms with Crippen LogP contribution in [0.5, 0.6) is 0 Å². The van der Waals surface area contributed by atoms with Gasteiger partial charge in [-0.1, -0.05) is 0 Å². The number of fused-ring (bicyclic) bond motifs is 1. The highest BCUT2D eigenvalue weighted by atomic mass is 35.5. The number of hydrogen-bond acceptors (Lipinski definition) is 5. The third-order valence-corrected chi connectivity index (χ3v) is 3.29. The molecule has 25 heavy (non-hydrogen) atoms. The van der Waals surface area contributed by atoms with Crippen molar-refractivity contribution >= 4 is 47.4 Å². The number of amides is 1. The van der Waals surface area contributed by atoms with E-state index in [0.717, 1.165) is 11.0 Å². The average molecular weight is 387 g/mol. The molecule has 136 valence electrons. The van der Waals surface area contributed by atoms with Gasteiger partial charge in [0.15, 0.2) is 11.6 Å². The van der Waals surface area contributed by atoms with E-state index in [2.05, 4.69) is 20.6 Å². The smallest absolute Gasteiger partial charge is 0.238 e. The zero-order valence-corrected chi connectivity index (χ0v) is 15.2. The number of hydrogen-bond donors (Lipinski definition) is 3. The standard InChI is InChI=1S/C16H18N4O3.2ClH/c1-22-8-6-17-10-15(21)18-11-4-5-12-13(9-11)20-16(19-12)14-3-2-7-23-14;;/h2-5,7,9,17H,6,8,10H2,1H3,(H,18,21)(H,19,20);2*1H. The van der Waals surface area contributed by atoms with Crippen LogP contribution in [-0.4, -0.2) is 42.7 Å². The predicted octanol–water partition coefficient (Wildman–Crippen LogP) is 2.84. The van der Waals surface area contributed by atoms with Gasteiger partial charge in [-0.25, -0.2) is 4.98 Å². The number of rotatable bonds is 7. The Hall–Kier alpha value is -2.06. The third-order valence-electron chi connectivity index (χ3n) is 3.29. The number of methoxy groups -OCH3 is 1. The number of furan rings is 1. The van der Waals surface area contributed by atoms with E-state index in [0.29, 0.717) is 30.4 Å². The van der Waals surface area contributed by atoms with Crippen LogP contribution in [0.4, 0.5) is 5.69 Å². The molecular formula is C16H20Cl2N4O3. The van der Waals surface area contributed by atoms with Crippen molar-refractivity contribution in [1.29, 1.82) is 0 Å². The fourth-order valence-corrected chi connectivity index (χ4v) is 2.20. The number of nitrogens with zero attached hydrogens (tertiary/aromatic N) is 1. The van der Waals surface area contributed by atoms with Crippen LogP contribution < -0.4 is 10.6 Å². The molecular weight excluding hydrogens is 367 g/mol. The van der Waals surface area contributed by atoms with Gasteiger partial charge in [-0.2, -0.15) is 0 Å². The molecule has 2 heterocycles. The number of benzene rings is 1. The number of ether oxygens (including phenoxy) is 1. The molecule has 1 aromatic carbocycles. The molecule has 0 saturated heterocycles. The van der Waals surface area contributed by atoms with Crippen LogP contribution in [0.3, 0.4) is 0 Å². The van der Waals surface area contributed by atoms with Crippen molar-refractivity contribution in [2.24, 2.45) is 0 Å². The molecule has 0 unspecified atom stereocenters. The Morgan fingerprint density at radius 2 is 2.16 bits per heavy atom. The molecule has 7 nitrogen and oxygen atoms in total. The van der Waals surface area contributed by atoms with Crippen LogP contribution in [0, 0.1) is 0 Å². The monoisotopic (exact) mass is 386 g/mol. The van der Waals surface area contributed by atoms with Gasteiger partial charge in [0.25, 0.3) is 0 Å². The summed E-state index contributed by atoms with van der Waals surface area (Å²) in [6.45, 7) is 1.45. The van der Waals surface area contributed by atoms with Crippen molar-refractivity contribution < 1.29 is 13.9 Å². The van der Waals surface area contributed by atoms with Crippen LogP contribution >= 0.6 is 24.8 Å². The summed E-state index contributed by atoms with van der Waals surface area (Å²) in [4.78, 5) is 19.5. The van der Waals surface area contributed by atoms with Gasteiger partial charge in [0.05, 0.1) is 30.4 Å². The summed E-state index contributed by atoms with van der Waals surface area (Å²) in [5.74, 6) is 1.23. The molecule has 0 aliphatic carbocycles. The van der Waals surface area contributed by atoms with Crippen LogP contribution in [0.15, 0.2) is 41.0 Å². The molecule has 1 amide bonds. The highest BCUT2D eigenvalue weighted by molar-refractivity contribution is 5.94. The normalized spacial score (nSPS) is 10.1. The van der Waals surface area contributed by atoms with E-state index in [1.54, 1.807) is 13.4 Å². The molecule has 0 aliphatic rings. The molecule has 9 heteroatoms. The van der Waals surface area contributed by atoms with Crippen molar-refractivity contribution in [2.75, 3.05) is 32.1 Å². The summed E-state index contributed by atoms with van der Waals surface area (Å²) < 4.78 is 10.2. The van der Waals surface area contributed by atoms with E-state index in [9.17, 15) is 4.79 Å². The highest BCUT2D eigenvalue weighted by Gasteiger charge is 2.09. The molecule has 0 aliphatic heterocycles. The van der Waals surface area contributed by atoms with Gasteiger partial charge in [0.2, 0.25) is 5.91 Å². The first-order valence-electron chi connectivity index (χ1n) is 7.29. The van der Waals surface area contributed by atoms with Gasteiger partial charge in [0.1, 0.15) is 0 Å². The number of halogens is 2. The Balaban J connectivity index is 0.00000156. The fourth-order valence-electron chi connectivity index (χ4n) is 2.20. The molecule has 0 spiro atoms. The Bertz CT molecular complexity index is 790. The SMILES string of the molecule is COCCNCC(=O)Nc1ccc2nc(-c3ccco3)[nH]c2c1.Cl.Cl. The molecule has 2 aromatic heterocycles. The summed E-state index contributed by atoms with van der Waals surface area (Å²) in [6, 6.07) is 9.17. The maximum Gasteiger partial charge on any atom is 0.238 e. The quantitative estimate of drug-likeness (QED) is 0.543. The Kier molecular flexibility index (Phi) is 8.44. The fraction of sp³-hybridized carbons (Fsp3) is 0.250. The van der Waals surface area contributed by atoms with Gasteiger partial charge < -0.3 is 24.8 Å². The van der Waals surface area contributed by atoms with Crippen molar-refractivity contribution in [3.05, 3.63) is 36.6 Å². The summed E-state index contributed by atoms with van der Waals surface area (Å²) in [7, 11) is 1.62. The van der Waals surface area contributed by atoms with Crippen molar-refractivity contribution in [2.45, 2.75) is 0 Å². The molecule has 0 bridgehead atoms. The largest absolute Gasteiger partial charge is 0.461 e. The number of imidazole rings is 1. The molecule has 0 radical (unpaired) electrons. The lowest BCUT2D eigenvalue weighted by Gasteiger charge is -2.06. The number of carbonyl (C=O) groups excluding carboxylic acids is 1. The van der Waals surface area contributed by atoms with Crippen molar-refractivity contribution in [3.8, 4) is 11.6 Å². The number of nitrogens with one attached hydrogen (secondary N) is 3. The van der Waals surface area contributed by atoms with Gasteiger partial charge in [-0.15, -0.1) is 24.8 Å². The Morgan fingerprint density at radius 3 is 2.88 bits per heavy atom. The number of aromatic amines is 1. The van der Waals surface area contributed by atoms with Crippen molar-refractivity contribution in [1.82, 2.24) is 15.3 Å². The first-order valence-corrected chi connectivity index (χ1v) is 7.29. The number of carbonyl (C=O) groups is 1. The second-order valence-corrected chi connectivity index (χ2v) is 5.01. The zero-order valence-electron chi connectivity index (χ0n) is 13.6. The van der Waals surface area contributed by atoms with E-state index in [-0.39, 0.29) is 37.3 Å². The topological polar surface area (TPSA) is 92.2 Å². The van der Waals surface area contributed by atoms with Gasteiger partial charge in [-0.05, 0) is 30.3 Å². The van der Waals surface area contributed by atoms with E-state index in [1.165, 1.54) is 0 Å². The predicted molar refractivity (Wildman–Crippen MR) is 102 cm³/mol. The zero-order chi connectivity index (χ0) is 16.1. The molecule has 0 atom stereocenters. The van der Waals surface area contributed by atoms with Gasteiger partial charge in [-0.3, -0.25) is 4.79 Å². The molecule has 3 rings (SSSR count). The van der Waals surface area contributed by atoms with Gasteiger partial charge >= 0.3 is 0 Å². The maximum absolute atomic E-state index is 11.8. The van der Waals surface area contributed by atoms with Gasteiger partial charge in [0, 0.05) is 19.3 Å². The first-order chi connectivity index (χ1) is 11.3. The molecule has 0 saturated carbocycles. The van der Waals surface area contributed by atoms with E-state index in [4.69, 9.17) is 9.15 Å². The lowest BCUT2D eigenvalue weighted by atomic mass is 10.2. The Labute approximate surface area is 157 Å². The first kappa shape index (κ1) is 21.0. The minimum atomic E-state index is -0.105. The van der Waals surface area contributed by atoms with E-state index >= 15 is 0 Å². The van der Waals surface area contributed by atoms with Crippen molar-refractivity contribution in [3.63, 3.8) is 0 Å². The number of aromatic nitrogens is 2. The van der Waals surface area contributed by atoms with Crippen LogP contribution in [0.2, 0.25) is 0 Å².